The van der Waals surface area contributed by atoms with E-state index in [0.29, 0.717) is 5.56 Å². The maximum absolute atomic E-state index is 12.3. The summed E-state index contributed by atoms with van der Waals surface area (Å²) in [5.41, 5.74) is 1.38. The van der Waals surface area contributed by atoms with Crippen molar-refractivity contribution in [3.05, 3.63) is 70.2 Å². The largest absolute Gasteiger partial charge is 0.378 e. The fraction of sp³-hybridized carbons (Fsp3) is 0.235. The van der Waals surface area contributed by atoms with E-state index in [9.17, 15) is 9.90 Å². The minimum absolute atomic E-state index is 0.312. The monoisotopic (exact) mass is 345 g/mol. The summed E-state index contributed by atoms with van der Waals surface area (Å²) in [6.07, 6.45) is 0.683. The molecular formula is C17H16BrNO2. The van der Waals surface area contributed by atoms with Gasteiger partial charge in [-0.15, -0.1) is 0 Å². The quantitative estimate of drug-likeness (QED) is 0.893. The number of hydrogen-bond acceptors (Lipinski definition) is 2. The number of nitrogens with one attached hydrogen (secondary N) is 1. The lowest BCUT2D eigenvalue weighted by atomic mass is 10.0. The standard InChI is InChI=1S/C17H16BrNO2/c18-14-8-6-13(7-9-14)17(10-11-17)19-16(21)15(20)12-4-2-1-3-5-12/h1-9,15,20H,10-11H2,(H,19,21). The molecule has 1 amide bonds. The summed E-state index contributed by atoms with van der Waals surface area (Å²) in [4.78, 5) is 12.3. The maximum Gasteiger partial charge on any atom is 0.254 e. The highest BCUT2D eigenvalue weighted by atomic mass is 79.9. The summed E-state index contributed by atoms with van der Waals surface area (Å²) in [5, 5.41) is 13.1. The van der Waals surface area contributed by atoms with Crippen LogP contribution in [0.25, 0.3) is 0 Å². The van der Waals surface area contributed by atoms with Gasteiger partial charge in [0.05, 0.1) is 5.54 Å². The number of aliphatic hydroxyl groups excluding tert-OH is 1. The Labute approximate surface area is 132 Å². The summed E-state index contributed by atoms with van der Waals surface area (Å²) >= 11 is 3.41. The number of aliphatic hydroxyl groups is 1. The number of amides is 1. The molecule has 0 aromatic heterocycles. The summed E-state index contributed by atoms with van der Waals surface area (Å²) in [7, 11) is 0. The molecular weight excluding hydrogens is 330 g/mol. The fourth-order valence-corrected chi connectivity index (χ4v) is 2.73. The van der Waals surface area contributed by atoms with Gasteiger partial charge in [0.1, 0.15) is 0 Å². The Bertz CT molecular complexity index is 636. The molecule has 1 atom stereocenters. The molecule has 2 N–H and O–H groups in total. The van der Waals surface area contributed by atoms with Crippen LogP contribution in [-0.4, -0.2) is 11.0 Å². The van der Waals surface area contributed by atoms with Gasteiger partial charge in [0, 0.05) is 4.47 Å². The highest BCUT2D eigenvalue weighted by molar-refractivity contribution is 9.10. The molecule has 1 fully saturated rings. The second-order valence-corrected chi connectivity index (χ2v) is 6.31. The predicted molar refractivity (Wildman–Crippen MR) is 84.6 cm³/mol. The topological polar surface area (TPSA) is 49.3 Å². The Morgan fingerprint density at radius 2 is 1.71 bits per heavy atom. The molecule has 4 heteroatoms. The van der Waals surface area contributed by atoms with Crippen molar-refractivity contribution < 1.29 is 9.90 Å². The lowest BCUT2D eigenvalue weighted by molar-refractivity contribution is -0.130. The predicted octanol–water partition coefficient (Wildman–Crippen LogP) is 3.29. The van der Waals surface area contributed by atoms with Crippen molar-refractivity contribution in [2.75, 3.05) is 0 Å². The van der Waals surface area contributed by atoms with Gasteiger partial charge < -0.3 is 10.4 Å². The van der Waals surface area contributed by atoms with Crippen molar-refractivity contribution in [1.29, 1.82) is 0 Å². The first-order valence-corrected chi connectivity index (χ1v) is 7.71. The molecule has 0 heterocycles. The SMILES string of the molecule is O=C(NC1(c2ccc(Br)cc2)CC1)C(O)c1ccccc1. The Balaban J connectivity index is 1.74. The lowest BCUT2D eigenvalue weighted by Crippen LogP contribution is -2.38. The van der Waals surface area contributed by atoms with E-state index < -0.39 is 6.10 Å². The van der Waals surface area contributed by atoms with Crippen LogP contribution >= 0.6 is 15.9 Å². The smallest absolute Gasteiger partial charge is 0.254 e. The van der Waals surface area contributed by atoms with Gasteiger partial charge in [-0.25, -0.2) is 0 Å². The lowest BCUT2D eigenvalue weighted by Gasteiger charge is -2.20. The minimum Gasteiger partial charge on any atom is -0.378 e. The van der Waals surface area contributed by atoms with Crippen LogP contribution in [0.3, 0.4) is 0 Å². The molecule has 0 spiro atoms. The molecule has 21 heavy (non-hydrogen) atoms. The summed E-state index contributed by atoms with van der Waals surface area (Å²) in [6, 6.07) is 16.9. The molecule has 0 bridgehead atoms. The van der Waals surface area contributed by atoms with Gasteiger partial charge in [-0.3, -0.25) is 4.79 Å². The van der Waals surface area contributed by atoms with Gasteiger partial charge in [-0.1, -0.05) is 58.4 Å². The molecule has 1 saturated carbocycles. The fourth-order valence-electron chi connectivity index (χ4n) is 2.47. The summed E-state index contributed by atoms with van der Waals surface area (Å²) in [6.45, 7) is 0. The molecule has 108 valence electrons. The molecule has 1 unspecified atom stereocenters. The van der Waals surface area contributed by atoms with Crippen LogP contribution in [0, 0.1) is 0 Å². The third-order valence-corrected chi connectivity index (χ3v) is 4.40. The molecule has 0 radical (unpaired) electrons. The van der Waals surface area contributed by atoms with Gasteiger partial charge in [-0.05, 0) is 36.1 Å². The average Bonchev–Trinajstić information content (AvgIpc) is 3.28. The second-order valence-electron chi connectivity index (χ2n) is 5.39. The number of halogens is 1. The van der Waals surface area contributed by atoms with E-state index in [-0.39, 0.29) is 11.4 Å². The molecule has 3 rings (SSSR count). The summed E-state index contributed by atoms with van der Waals surface area (Å²) < 4.78 is 1.01. The van der Waals surface area contributed by atoms with E-state index in [1.807, 2.05) is 42.5 Å². The summed E-state index contributed by atoms with van der Waals surface area (Å²) in [5.74, 6) is -0.346. The number of rotatable bonds is 4. The molecule has 1 aliphatic carbocycles. The zero-order valence-electron chi connectivity index (χ0n) is 11.4. The van der Waals surface area contributed by atoms with Crippen LogP contribution < -0.4 is 5.32 Å². The zero-order valence-corrected chi connectivity index (χ0v) is 13.0. The van der Waals surface area contributed by atoms with Crippen LogP contribution in [0.5, 0.6) is 0 Å². The van der Waals surface area contributed by atoms with E-state index >= 15 is 0 Å². The van der Waals surface area contributed by atoms with E-state index in [2.05, 4.69) is 21.2 Å². The van der Waals surface area contributed by atoms with Crippen LogP contribution in [0.1, 0.15) is 30.1 Å². The van der Waals surface area contributed by atoms with Crippen molar-refractivity contribution in [1.82, 2.24) is 5.32 Å². The molecule has 0 aliphatic heterocycles. The first-order chi connectivity index (χ1) is 10.1. The van der Waals surface area contributed by atoms with Gasteiger partial charge in [0.2, 0.25) is 0 Å². The number of hydrogen-bond donors (Lipinski definition) is 2. The first kappa shape index (κ1) is 14.3. The van der Waals surface area contributed by atoms with Crippen LogP contribution in [0.2, 0.25) is 0 Å². The van der Waals surface area contributed by atoms with E-state index in [0.717, 1.165) is 22.9 Å². The van der Waals surface area contributed by atoms with Crippen molar-refractivity contribution in [3.63, 3.8) is 0 Å². The maximum atomic E-state index is 12.3. The first-order valence-electron chi connectivity index (χ1n) is 6.92. The van der Waals surface area contributed by atoms with E-state index in [4.69, 9.17) is 0 Å². The van der Waals surface area contributed by atoms with Crippen LogP contribution in [0.15, 0.2) is 59.1 Å². The third-order valence-electron chi connectivity index (χ3n) is 3.87. The molecule has 2 aromatic rings. The number of carbonyl (C=O) groups is 1. The number of benzene rings is 2. The van der Waals surface area contributed by atoms with Gasteiger partial charge >= 0.3 is 0 Å². The normalized spacial score (nSPS) is 17.0. The Kier molecular flexibility index (Phi) is 3.83. The third kappa shape index (κ3) is 3.01. The van der Waals surface area contributed by atoms with Crippen molar-refractivity contribution in [3.8, 4) is 0 Å². The van der Waals surface area contributed by atoms with Gasteiger partial charge in [-0.2, -0.15) is 0 Å². The van der Waals surface area contributed by atoms with Gasteiger partial charge in [0.15, 0.2) is 6.10 Å². The highest BCUT2D eigenvalue weighted by Crippen LogP contribution is 2.46. The van der Waals surface area contributed by atoms with Gasteiger partial charge in [0.25, 0.3) is 5.91 Å². The van der Waals surface area contributed by atoms with E-state index in [1.54, 1.807) is 12.1 Å². The van der Waals surface area contributed by atoms with Crippen molar-refractivity contribution in [2.45, 2.75) is 24.5 Å². The average molecular weight is 346 g/mol. The Morgan fingerprint density at radius 1 is 1.10 bits per heavy atom. The molecule has 1 aliphatic rings. The van der Waals surface area contributed by atoms with Crippen LogP contribution in [0.4, 0.5) is 0 Å². The molecule has 3 nitrogen and oxygen atoms in total. The second kappa shape index (κ2) is 5.62. The highest BCUT2D eigenvalue weighted by Gasteiger charge is 2.46. The number of carbonyl (C=O) groups excluding carboxylic acids is 1. The minimum atomic E-state index is -1.13. The Hall–Kier alpha value is -1.65. The van der Waals surface area contributed by atoms with Crippen molar-refractivity contribution >= 4 is 21.8 Å². The molecule has 0 saturated heterocycles. The molecule has 2 aromatic carbocycles. The van der Waals surface area contributed by atoms with Crippen LogP contribution in [-0.2, 0) is 10.3 Å². The zero-order chi connectivity index (χ0) is 14.9. The van der Waals surface area contributed by atoms with E-state index in [1.165, 1.54) is 0 Å². The van der Waals surface area contributed by atoms with Crippen molar-refractivity contribution in [2.24, 2.45) is 0 Å². The Morgan fingerprint density at radius 3 is 2.29 bits per heavy atom.